The first-order valence-electron chi connectivity index (χ1n) is 13.5. The summed E-state index contributed by atoms with van der Waals surface area (Å²) >= 11 is 0. The maximum Gasteiger partial charge on any atom is 0.295 e. The van der Waals surface area contributed by atoms with E-state index in [-0.39, 0.29) is 24.2 Å². The molecule has 0 unspecified atom stereocenters. The molecule has 5 aromatic rings. The Labute approximate surface area is 244 Å². The molecule has 218 valence electrons. The highest BCUT2D eigenvalue weighted by atomic mass is 19.1. The molecule has 2 aromatic carbocycles. The van der Waals surface area contributed by atoms with Gasteiger partial charge >= 0.3 is 0 Å². The summed E-state index contributed by atoms with van der Waals surface area (Å²) in [6.45, 7) is 4.12. The van der Waals surface area contributed by atoms with Crippen molar-refractivity contribution in [2.75, 3.05) is 18.9 Å². The van der Waals surface area contributed by atoms with E-state index in [9.17, 15) is 14.0 Å². The Morgan fingerprint density at radius 1 is 1.19 bits per heavy atom. The van der Waals surface area contributed by atoms with E-state index in [4.69, 9.17) is 0 Å². The number of nitrogens with zero attached hydrogens (tertiary/aromatic N) is 8. The zero-order valence-corrected chi connectivity index (χ0v) is 23.6. The number of H-pyrrole nitrogens is 1. The van der Waals surface area contributed by atoms with Crippen molar-refractivity contribution in [1.82, 2.24) is 45.0 Å². The molecule has 6 rings (SSSR count). The monoisotopic (exact) mass is 581 g/mol. The lowest BCUT2D eigenvalue weighted by Gasteiger charge is -2.27. The van der Waals surface area contributed by atoms with E-state index in [1.807, 2.05) is 46.9 Å². The lowest BCUT2D eigenvalue weighted by atomic mass is 10.1. The number of benzene rings is 2. The largest absolute Gasteiger partial charge is 0.338 e. The molecule has 43 heavy (non-hydrogen) atoms. The molecule has 13 nitrogen and oxygen atoms in total. The van der Waals surface area contributed by atoms with Crippen molar-refractivity contribution in [3.05, 3.63) is 82.8 Å². The van der Waals surface area contributed by atoms with Gasteiger partial charge < -0.3 is 20.1 Å². The number of aromatic nitrogens is 7. The predicted octanol–water partition coefficient (Wildman–Crippen LogP) is 2.84. The highest BCUT2D eigenvalue weighted by molar-refractivity contribution is 5.93. The van der Waals surface area contributed by atoms with Gasteiger partial charge in [0.25, 0.3) is 5.56 Å². The molecule has 1 atom stereocenters. The van der Waals surface area contributed by atoms with Crippen molar-refractivity contribution < 1.29 is 9.18 Å². The van der Waals surface area contributed by atoms with Crippen LogP contribution in [-0.4, -0.2) is 71.5 Å². The molecule has 3 N–H and O–H groups in total. The second kappa shape index (κ2) is 11.4. The van der Waals surface area contributed by atoms with Crippen molar-refractivity contribution >= 4 is 34.7 Å². The molecule has 4 heterocycles. The van der Waals surface area contributed by atoms with Crippen molar-refractivity contribution in [3.8, 4) is 22.6 Å². The summed E-state index contributed by atoms with van der Waals surface area (Å²) in [6.07, 6.45) is 6.88. The second-order valence-corrected chi connectivity index (χ2v) is 10.2. The molecule has 0 bridgehead atoms. The van der Waals surface area contributed by atoms with Crippen molar-refractivity contribution in [3.63, 3.8) is 0 Å². The Morgan fingerprint density at radius 3 is 2.81 bits per heavy atom. The molecule has 1 amide bonds. The summed E-state index contributed by atoms with van der Waals surface area (Å²) in [4.78, 5) is 37.1. The molecule has 14 heteroatoms. The maximum atomic E-state index is 13.9. The number of fused-ring (bicyclic) bond motifs is 1. The van der Waals surface area contributed by atoms with Gasteiger partial charge in [0.1, 0.15) is 5.82 Å². The second-order valence-electron chi connectivity index (χ2n) is 10.2. The first-order valence-corrected chi connectivity index (χ1v) is 13.5. The van der Waals surface area contributed by atoms with Gasteiger partial charge in [0.2, 0.25) is 11.7 Å². The van der Waals surface area contributed by atoms with Gasteiger partial charge in [0.15, 0.2) is 5.82 Å². The molecular weight excluding hydrogens is 553 g/mol. The Bertz CT molecular complexity index is 1940. The third-order valence-electron chi connectivity index (χ3n) is 7.30. The number of anilines is 1. The SMILES string of the molecule is CN[C@@H](C)C(=O)Nc1ncc(-c2cccc(-c3nn[nH]n3)c2)n(CN2C=NC=C(n3cc(C)c4cc(F)ccc43)C2)c1=O. The van der Waals surface area contributed by atoms with Crippen LogP contribution in [-0.2, 0) is 11.5 Å². The number of likely N-dealkylation sites (N-methyl/N-ethyl adjacent to an activating group) is 1. The lowest BCUT2D eigenvalue weighted by Crippen LogP contribution is -2.40. The normalized spacial score (nSPS) is 13.8. The Hall–Kier alpha value is -5.50. The van der Waals surface area contributed by atoms with Crippen molar-refractivity contribution in [2.45, 2.75) is 26.6 Å². The minimum absolute atomic E-state index is 0.0936. The average molecular weight is 582 g/mol. The van der Waals surface area contributed by atoms with Gasteiger partial charge in [-0.1, -0.05) is 18.2 Å². The average Bonchev–Trinajstić information content (AvgIpc) is 3.67. The molecule has 0 saturated carbocycles. The van der Waals surface area contributed by atoms with E-state index in [0.717, 1.165) is 22.2 Å². The number of halogens is 1. The third-order valence-corrected chi connectivity index (χ3v) is 7.30. The zero-order chi connectivity index (χ0) is 30.1. The van der Waals surface area contributed by atoms with Crippen LogP contribution < -0.4 is 16.2 Å². The number of nitrogens with one attached hydrogen (secondary N) is 3. The number of carbonyl (C=O) groups excluding carboxylic acids is 1. The highest BCUT2D eigenvalue weighted by Crippen LogP contribution is 2.27. The number of aryl methyl sites for hydroxylation is 1. The van der Waals surface area contributed by atoms with Crippen LogP contribution in [0.25, 0.3) is 39.2 Å². The van der Waals surface area contributed by atoms with Gasteiger partial charge in [0, 0.05) is 22.7 Å². The van der Waals surface area contributed by atoms with E-state index in [2.05, 4.69) is 41.2 Å². The number of carbonyl (C=O) groups is 1. The van der Waals surface area contributed by atoms with Crippen LogP contribution in [0.4, 0.5) is 10.2 Å². The summed E-state index contributed by atoms with van der Waals surface area (Å²) in [5.41, 5.74) is 4.03. The Balaban J connectivity index is 1.37. The van der Waals surface area contributed by atoms with Gasteiger partial charge in [0.05, 0.1) is 54.9 Å². The van der Waals surface area contributed by atoms with E-state index in [1.165, 1.54) is 16.7 Å². The third kappa shape index (κ3) is 5.42. The van der Waals surface area contributed by atoms with E-state index >= 15 is 0 Å². The maximum absolute atomic E-state index is 13.9. The van der Waals surface area contributed by atoms with Crippen LogP contribution in [0, 0.1) is 12.7 Å². The van der Waals surface area contributed by atoms with Gasteiger partial charge in [-0.05, 0) is 55.9 Å². The quantitative estimate of drug-likeness (QED) is 0.253. The predicted molar refractivity (Wildman–Crippen MR) is 160 cm³/mol. The lowest BCUT2D eigenvalue weighted by molar-refractivity contribution is -0.117. The van der Waals surface area contributed by atoms with Crippen molar-refractivity contribution in [1.29, 1.82) is 0 Å². The van der Waals surface area contributed by atoms with Crippen molar-refractivity contribution in [2.24, 2.45) is 4.99 Å². The van der Waals surface area contributed by atoms with Gasteiger partial charge in [-0.25, -0.2) is 14.4 Å². The number of hydrogen-bond donors (Lipinski definition) is 3. The van der Waals surface area contributed by atoms with Crippen LogP contribution in [0.3, 0.4) is 0 Å². The summed E-state index contributed by atoms with van der Waals surface area (Å²) in [5, 5.41) is 20.5. The van der Waals surface area contributed by atoms with Crippen LogP contribution in [0.2, 0.25) is 0 Å². The Kier molecular flexibility index (Phi) is 7.34. The van der Waals surface area contributed by atoms with E-state index in [0.29, 0.717) is 29.2 Å². The molecule has 0 saturated heterocycles. The summed E-state index contributed by atoms with van der Waals surface area (Å²) in [5.74, 6) is -0.378. The molecular formula is C29H28FN11O2. The minimum Gasteiger partial charge on any atom is -0.338 e. The standard InChI is InChI=1S/C29H28FN11O2/c1-17-13-40(24-8-7-21(30)10-23(17)24)22-11-32-15-39(14-22)16-41-25(12-33-27(29(41)43)34-28(42)18(2)31-3)19-5-4-6-20(9-19)26-35-37-38-36-26/h4-13,15,18,31H,14,16H2,1-3H3,(H,33,34,42)(H,35,36,37,38)/t18-/m0/s1. The van der Waals surface area contributed by atoms with Gasteiger partial charge in [-0.15, -0.1) is 10.2 Å². The van der Waals surface area contributed by atoms with Crippen LogP contribution in [0.1, 0.15) is 12.5 Å². The van der Waals surface area contributed by atoms with Gasteiger partial charge in [-0.2, -0.15) is 5.21 Å². The molecule has 0 spiro atoms. The molecule has 1 aliphatic heterocycles. The molecule has 1 aliphatic rings. The zero-order valence-electron chi connectivity index (χ0n) is 23.6. The number of hydrogen-bond acceptors (Lipinski definition) is 9. The number of rotatable bonds is 8. The van der Waals surface area contributed by atoms with Crippen LogP contribution in [0.15, 0.2) is 70.8 Å². The fourth-order valence-corrected chi connectivity index (χ4v) is 4.92. The fraction of sp³-hybridized carbons (Fsp3) is 0.207. The number of aromatic amines is 1. The van der Waals surface area contributed by atoms with E-state index in [1.54, 1.807) is 38.8 Å². The van der Waals surface area contributed by atoms with Crippen LogP contribution in [0.5, 0.6) is 0 Å². The number of aliphatic imine (C=N–C) groups is 1. The molecule has 3 aromatic heterocycles. The van der Waals surface area contributed by atoms with E-state index < -0.39 is 11.6 Å². The number of amides is 1. The fourth-order valence-electron chi connectivity index (χ4n) is 4.92. The summed E-state index contributed by atoms with van der Waals surface area (Å²) in [6, 6.07) is 11.5. The first-order chi connectivity index (χ1) is 20.8. The van der Waals surface area contributed by atoms with Crippen LogP contribution >= 0.6 is 0 Å². The minimum atomic E-state index is -0.531. The molecule has 0 aliphatic carbocycles. The van der Waals surface area contributed by atoms with Gasteiger partial charge in [-0.3, -0.25) is 14.2 Å². The number of tetrazole rings is 1. The molecule has 0 radical (unpaired) electrons. The Morgan fingerprint density at radius 2 is 2.02 bits per heavy atom. The summed E-state index contributed by atoms with van der Waals surface area (Å²) in [7, 11) is 1.66. The topological polar surface area (TPSA) is 151 Å². The summed E-state index contributed by atoms with van der Waals surface area (Å²) < 4.78 is 17.4. The first kappa shape index (κ1) is 27.7. The molecule has 0 fully saturated rings. The smallest absolute Gasteiger partial charge is 0.295 e. The highest BCUT2D eigenvalue weighted by Gasteiger charge is 2.21.